The maximum absolute atomic E-state index is 13.8. The Morgan fingerprint density at radius 1 is 1.45 bits per heavy atom. The molecule has 0 aliphatic carbocycles. The minimum Gasteiger partial charge on any atom is -0.456 e. The predicted molar refractivity (Wildman–Crippen MR) is 86.2 cm³/mol. The van der Waals surface area contributed by atoms with Crippen LogP contribution in [-0.4, -0.2) is 29.1 Å². The Balaban J connectivity index is 1.93. The van der Waals surface area contributed by atoms with Crippen LogP contribution in [0.4, 0.5) is 4.39 Å². The molecule has 1 aromatic heterocycles. The average molecular weight is 311 g/mol. The molecule has 2 nitrogen and oxygen atoms in total. The SMILES string of the molecule is CCNC(c1cc2cccc(F)c2o1)C1CSCCS1. The van der Waals surface area contributed by atoms with Gasteiger partial charge in [-0.25, -0.2) is 4.39 Å². The maximum atomic E-state index is 13.8. The second kappa shape index (κ2) is 6.41. The molecule has 2 atom stereocenters. The van der Waals surface area contributed by atoms with Crippen molar-refractivity contribution < 1.29 is 8.81 Å². The normalized spacial score (nSPS) is 21.2. The van der Waals surface area contributed by atoms with Crippen LogP contribution in [0.1, 0.15) is 18.7 Å². The average Bonchev–Trinajstić information content (AvgIpc) is 2.91. The van der Waals surface area contributed by atoms with Crippen molar-refractivity contribution in [3.63, 3.8) is 0 Å². The molecule has 20 heavy (non-hydrogen) atoms. The molecular formula is C15H18FNOS2. The Kier molecular flexibility index (Phi) is 4.58. The van der Waals surface area contributed by atoms with E-state index in [9.17, 15) is 4.39 Å². The summed E-state index contributed by atoms with van der Waals surface area (Å²) in [7, 11) is 0. The summed E-state index contributed by atoms with van der Waals surface area (Å²) in [5.74, 6) is 4.07. The Bertz CT molecular complexity index is 580. The van der Waals surface area contributed by atoms with E-state index in [2.05, 4.69) is 12.2 Å². The third-order valence-corrected chi connectivity index (χ3v) is 6.32. The van der Waals surface area contributed by atoms with E-state index < -0.39 is 0 Å². The van der Waals surface area contributed by atoms with E-state index in [-0.39, 0.29) is 11.9 Å². The molecular weight excluding hydrogens is 293 g/mol. The Morgan fingerprint density at radius 2 is 2.35 bits per heavy atom. The van der Waals surface area contributed by atoms with Gasteiger partial charge >= 0.3 is 0 Å². The first kappa shape index (κ1) is 14.3. The fourth-order valence-corrected chi connectivity index (χ4v) is 5.38. The van der Waals surface area contributed by atoms with E-state index in [0.717, 1.165) is 23.4 Å². The number of benzene rings is 1. The fourth-order valence-electron chi connectivity index (χ4n) is 2.53. The lowest BCUT2D eigenvalue weighted by atomic mass is 10.1. The molecule has 2 unspecified atom stereocenters. The molecule has 0 radical (unpaired) electrons. The summed E-state index contributed by atoms with van der Waals surface area (Å²) in [6.07, 6.45) is 0. The first-order valence-corrected chi connectivity index (χ1v) is 9.10. The van der Waals surface area contributed by atoms with Crippen LogP contribution in [0.5, 0.6) is 0 Å². The van der Waals surface area contributed by atoms with Crippen molar-refractivity contribution in [2.75, 3.05) is 23.8 Å². The van der Waals surface area contributed by atoms with E-state index in [1.165, 1.54) is 17.6 Å². The smallest absolute Gasteiger partial charge is 0.169 e. The number of nitrogens with one attached hydrogen (secondary N) is 1. The molecule has 1 aliphatic rings. The van der Waals surface area contributed by atoms with Gasteiger partial charge in [0.15, 0.2) is 11.4 Å². The van der Waals surface area contributed by atoms with Crippen LogP contribution in [0.3, 0.4) is 0 Å². The summed E-state index contributed by atoms with van der Waals surface area (Å²) in [6, 6.07) is 7.21. The summed E-state index contributed by atoms with van der Waals surface area (Å²) in [5.41, 5.74) is 0.374. The number of hydrogen-bond acceptors (Lipinski definition) is 4. The lowest BCUT2D eigenvalue weighted by Gasteiger charge is -2.28. The van der Waals surface area contributed by atoms with Crippen LogP contribution in [0, 0.1) is 5.82 Å². The molecule has 1 aliphatic heterocycles. The van der Waals surface area contributed by atoms with Crippen LogP contribution in [0.15, 0.2) is 28.7 Å². The van der Waals surface area contributed by atoms with Gasteiger partial charge in [0.1, 0.15) is 5.76 Å². The van der Waals surface area contributed by atoms with Gasteiger partial charge in [-0.3, -0.25) is 0 Å². The number of para-hydroxylation sites is 1. The monoisotopic (exact) mass is 311 g/mol. The largest absolute Gasteiger partial charge is 0.456 e. The van der Waals surface area contributed by atoms with Gasteiger partial charge in [-0.05, 0) is 18.7 Å². The number of furan rings is 1. The van der Waals surface area contributed by atoms with Crippen molar-refractivity contribution in [2.24, 2.45) is 0 Å². The number of hydrogen-bond donors (Lipinski definition) is 1. The summed E-state index contributed by atoms with van der Waals surface area (Å²) in [6.45, 7) is 2.97. The molecule has 3 rings (SSSR count). The Hall–Kier alpha value is -0.650. The highest BCUT2D eigenvalue weighted by Crippen LogP contribution is 2.36. The van der Waals surface area contributed by atoms with E-state index in [4.69, 9.17) is 4.42 Å². The van der Waals surface area contributed by atoms with E-state index in [1.54, 1.807) is 6.07 Å². The maximum Gasteiger partial charge on any atom is 0.169 e. The third-order valence-electron chi connectivity index (χ3n) is 3.46. The second-order valence-corrected chi connectivity index (χ2v) is 7.32. The van der Waals surface area contributed by atoms with Crippen LogP contribution in [0.25, 0.3) is 11.0 Å². The molecule has 1 saturated heterocycles. The number of rotatable bonds is 4. The molecule has 0 bridgehead atoms. The number of thioether (sulfide) groups is 2. The van der Waals surface area contributed by atoms with E-state index >= 15 is 0 Å². The van der Waals surface area contributed by atoms with Crippen molar-refractivity contribution in [1.82, 2.24) is 5.32 Å². The summed E-state index contributed by atoms with van der Waals surface area (Å²) >= 11 is 3.97. The molecule has 0 amide bonds. The molecule has 1 fully saturated rings. The molecule has 5 heteroatoms. The van der Waals surface area contributed by atoms with Gasteiger partial charge in [0.25, 0.3) is 0 Å². The van der Waals surface area contributed by atoms with Gasteiger partial charge in [0, 0.05) is 27.9 Å². The quantitative estimate of drug-likeness (QED) is 0.920. The first-order chi connectivity index (χ1) is 9.79. The van der Waals surface area contributed by atoms with Gasteiger partial charge in [0.05, 0.1) is 6.04 Å². The van der Waals surface area contributed by atoms with Gasteiger partial charge < -0.3 is 9.73 Å². The standard InChI is InChI=1S/C15H18FNOS2/c1-2-17-14(13-9-19-6-7-20-13)12-8-10-4-3-5-11(16)15(10)18-12/h3-5,8,13-14,17H,2,6-7,9H2,1H3. The zero-order valence-electron chi connectivity index (χ0n) is 11.4. The summed E-state index contributed by atoms with van der Waals surface area (Å²) in [5, 5.41) is 4.83. The molecule has 0 saturated carbocycles. The predicted octanol–water partition coefficient (Wildman–Crippen LogP) is 4.07. The fraction of sp³-hybridized carbons (Fsp3) is 0.467. The van der Waals surface area contributed by atoms with Crippen molar-refractivity contribution >= 4 is 34.5 Å². The Labute approximate surface area is 126 Å². The molecule has 0 spiro atoms. The zero-order valence-corrected chi connectivity index (χ0v) is 13.0. The molecule has 1 N–H and O–H groups in total. The van der Waals surface area contributed by atoms with Crippen molar-refractivity contribution in [3.05, 3.63) is 35.8 Å². The van der Waals surface area contributed by atoms with Crippen molar-refractivity contribution in [2.45, 2.75) is 18.2 Å². The van der Waals surface area contributed by atoms with E-state index in [0.29, 0.717) is 10.8 Å². The van der Waals surface area contributed by atoms with Crippen LogP contribution in [0.2, 0.25) is 0 Å². The van der Waals surface area contributed by atoms with E-state index in [1.807, 2.05) is 35.7 Å². The molecule has 1 aromatic carbocycles. The number of fused-ring (bicyclic) bond motifs is 1. The highest BCUT2D eigenvalue weighted by atomic mass is 32.2. The highest BCUT2D eigenvalue weighted by molar-refractivity contribution is 8.06. The van der Waals surface area contributed by atoms with Crippen molar-refractivity contribution in [1.29, 1.82) is 0 Å². The second-order valence-electron chi connectivity index (χ2n) is 4.83. The summed E-state index contributed by atoms with van der Waals surface area (Å²) in [4.78, 5) is 0. The van der Waals surface area contributed by atoms with Gasteiger partial charge in [0.2, 0.25) is 0 Å². The van der Waals surface area contributed by atoms with Gasteiger partial charge in [-0.2, -0.15) is 23.5 Å². The van der Waals surface area contributed by atoms with Crippen LogP contribution >= 0.6 is 23.5 Å². The van der Waals surface area contributed by atoms with Crippen LogP contribution < -0.4 is 5.32 Å². The lowest BCUT2D eigenvalue weighted by Crippen LogP contribution is -2.33. The number of halogens is 1. The first-order valence-electron chi connectivity index (χ1n) is 6.90. The van der Waals surface area contributed by atoms with Gasteiger partial charge in [-0.15, -0.1) is 0 Å². The highest BCUT2D eigenvalue weighted by Gasteiger charge is 2.28. The molecule has 2 heterocycles. The Morgan fingerprint density at radius 3 is 3.05 bits per heavy atom. The summed E-state index contributed by atoms with van der Waals surface area (Å²) < 4.78 is 19.6. The zero-order chi connectivity index (χ0) is 13.9. The topological polar surface area (TPSA) is 25.2 Å². The molecule has 108 valence electrons. The molecule has 2 aromatic rings. The van der Waals surface area contributed by atoms with Crippen molar-refractivity contribution in [3.8, 4) is 0 Å². The minimum atomic E-state index is -0.283. The third kappa shape index (κ3) is 2.85. The van der Waals surface area contributed by atoms with Gasteiger partial charge in [-0.1, -0.05) is 19.1 Å². The van der Waals surface area contributed by atoms with Crippen LogP contribution in [-0.2, 0) is 0 Å². The lowest BCUT2D eigenvalue weighted by molar-refractivity contribution is 0.429. The minimum absolute atomic E-state index is 0.157.